The molecule has 1 aromatic carbocycles. The lowest BCUT2D eigenvalue weighted by atomic mass is 10.1. The predicted molar refractivity (Wildman–Crippen MR) is 113 cm³/mol. The van der Waals surface area contributed by atoms with Crippen molar-refractivity contribution in [2.24, 2.45) is 0 Å². The quantitative estimate of drug-likeness (QED) is 0.515. The van der Waals surface area contributed by atoms with Crippen LogP contribution in [0.15, 0.2) is 73.4 Å². The maximum Gasteiger partial charge on any atom is 0.274 e. The molecule has 150 valence electrons. The molecule has 0 aliphatic rings. The first-order chi connectivity index (χ1) is 14.6. The van der Waals surface area contributed by atoms with Crippen LogP contribution in [0.3, 0.4) is 0 Å². The summed E-state index contributed by atoms with van der Waals surface area (Å²) in [4.78, 5) is 21.1. The second kappa shape index (κ2) is 8.62. The number of pyridine rings is 2. The lowest BCUT2D eigenvalue weighted by Gasteiger charge is -2.10. The molecule has 30 heavy (non-hydrogen) atoms. The summed E-state index contributed by atoms with van der Waals surface area (Å²) < 4.78 is 1.77. The normalized spacial score (nSPS) is 11.8. The van der Waals surface area contributed by atoms with Crippen LogP contribution in [-0.2, 0) is 6.54 Å². The van der Waals surface area contributed by atoms with Gasteiger partial charge in [0.25, 0.3) is 5.91 Å². The number of carbonyl (C=O) groups excluding carboxylic acids is 1. The van der Waals surface area contributed by atoms with Gasteiger partial charge in [-0.2, -0.15) is 0 Å². The second-order valence-corrected chi connectivity index (χ2v) is 6.86. The molecule has 3 heterocycles. The Hall–Kier alpha value is -3.91. The molecule has 8 nitrogen and oxygen atoms in total. The second-order valence-electron chi connectivity index (χ2n) is 6.86. The average Bonchev–Trinajstić information content (AvgIpc) is 3.22. The molecular formula is C22H20N6O2. The fraction of sp³-hybridized carbons (Fsp3) is 0.136. The van der Waals surface area contributed by atoms with E-state index in [0.717, 1.165) is 16.7 Å². The van der Waals surface area contributed by atoms with E-state index < -0.39 is 6.10 Å². The van der Waals surface area contributed by atoms with Gasteiger partial charge in [-0.15, -0.1) is 10.2 Å². The molecule has 3 aromatic heterocycles. The fourth-order valence-electron chi connectivity index (χ4n) is 3.10. The SMILES string of the molecule is C[C@H](O)Cn1cnnc1-c1cccc(NC(=O)c2cc(-c3cccnc3)ccn2)c1. The van der Waals surface area contributed by atoms with Crippen LogP contribution in [0.25, 0.3) is 22.5 Å². The van der Waals surface area contributed by atoms with Crippen molar-refractivity contribution in [3.8, 4) is 22.5 Å². The number of aliphatic hydroxyl groups is 1. The monoisotopic (exact) mass is 400 g/mol. The van der Waals surface area contributed by atoms with Gasteiger partial charge < -0.3 is 15.0 Å². The number of nitrogens with zero attached hydrogens (tertiary/aromatic N) is 5. The molecule has 0 bridgehead atoms. The van der Waals surface area contributed by atoms with Gasteiger partial charge in [0.2, 0.25) is 0 Å². The number of aliphatic hydroxyl groups excluding tert-OH is 1. The zero-order chi connectivity index (χ0) is 20.9. The summed E-state index contributed by atoms with van der Waals surface area (Å²) in [5.74, 6) is 0.298. The van der Waals surface area contributed by atoms with Crippen LogP contribution in [0.4, 0.5) is 5.69 Å². The van der Waals surface area contributed by atoms with Crippen LogP contribution in [0.1, 0.15) is 17.4 Å². The van der Waals surface area contributed by atoms with Gasteiger partial charge in [-0.3, -0.25) is 14.8 Å². The van der Waals surface area contributed by atoms with E-state index in [-0.39, 0.29) is 5.91 Å². The first-order valence-electron chi connectivity index (χ1n) is 9.44. The van der Waals surface area contributed by atoms with E-state index >= 15 is 0 Å². The highest BCUT2D eigenvalue weighted by atomic mass is 16.3. The fourth-order valence-corrected chi connectivity index (χ4v) is 3.10. The third-order valence-electron chi connectivity index (χ3n) is 4.44. The largest absolute Gasteiger partial charge is 0.392 e. The lowest BCUT2D eigenvalue weighted by Crippen LogP contribution is -2.14. The topological polar surface area (TPSA) is 106 Å². The predicted octanol–water partition coefficient (Wildman–Crippen LogP) is 3.04. The van der Waals surface area contributed by atoms with E-state index in [1.165, 1.54) is 0 Å². The van der Waals surface area contributed by atoms with Crippen molar-refractivity contribution in [3.63, 3.8) is 0 Å². The molecule has 4 aromatic rings. The molecule has 0 aliphatic carbocycles. The smallest absolute Gasteiger partial charge is 0.274 e. The molecule has 0 spiro atoms. The lowest BCUT2D eigenvalue weighted by molar-refractivity contribution is 0.102. The maximum absolute atomic E-state index is 12.8. The van der Waals surface area contributed by atoms with E-state index in [4.69, 9.17) is 0 Å². The standard InChI is InChI=1S/C22H20N6O2/c1-15(29)13-28-14-25-27-21(28)17-4-2-6-19(10-17)26-22(30)20-11-16(7-9-24-20)18-5-3-8-23-12-18/h2-12,14-15,29H,13H2,1H3,(H,26,30)/t15-/m0/s1. The van der Waals surface area contributed by atoms with E-state index in [9.17, 15) is 9.90 Å². The first-order valence-corrected chi connectivity index (χ1v) is 9.44. The van der Waals surface area contributed by atoms with Crippen molar-refractivity contribution in [1.82, 2.24) is 24.7 Å². The van der Waals surface area contributed by atoms with Crippen LogP contribution >= 0.6 is 0 Å². The zero-order valence-corrected chi connectivity index (χ0v) is 16.3. The Balaban J connectivity index is 1.55. The van der Waals surface area contributed by atoms with Gasteiger partial charge in [-0.1, -0.05) is 18.2 Å². The van der Waals surface area contributed by atoms with Gasteiger partial charge in [0.1, 0.15) is 12.0 Å². The maximum atomic E-state index is 12.8. The molecule has 0 unspecified atom stereocenters. The van der Waals surface area contributed by atoms with E-state index in [1.807, 2.05) is 36.4 Å². The summed E-state index contributed by atoms with van der Waals surface area (Å²) >= 11 is 0. The van der Waals surface area contributed by atoms with Crippen molar-refractivity contribution in [2.75, 3.05) is 5.32 Å². The van der Waals surface area contributed by atoms with Crippen molar-refractivity contribution in [2.45, 2.75) is 19.6 Å². The van der Waals surface area contributed by atoms with Gasteiger partial charge in [0.15, 0.2) is 5.82 Å². The molecule has 2 N–H and O–H groups in total. The zero-order valence-electron chi connectivity index (χ0n) is 16.3. The van der Waals surface area contributed by atoms with Crippen molar-refractivity contribution in [3.05, 3.63) is 79.1 Å². The Labute approximate surface area is 173 Å². The first kappa shape index (κ1) is 19.4. The summed E-state index contributed by atoms with van der Waals surface area (Å²) in [6.07, 6.45) is 6.09. The Kier molecular flexibility index (Phi) is 5.58. The number of hydrogen-bond donors (Lipinski definition) is 2. The third kappa shape index (κ3) is 4.39. The van der Waals surface area contributed by atoms with Crippen molar-refractivity contribution < 1.29 is 9.90 Å². The highest BCUT2D eigenvalue weighted by Crippen LogP contribution is 2.22. The minimum absolute atomic E-state index is 0.305. The Morgan fingerprint density at radius 1 is 1.10 bits per heavy atom. The van der Waals surface area contributed by atoms with Gasteiger partial charge in [-0.05, 0) is 42.8 Å². The molecule has 1 amide bonds. The molecule has 0 fully saturated rings. The summed E-state index contributed by atoms with van der Waals surface area (Å²) in [7, 11) is 0. The Morgan fingerprint density at radius 3 is 2.77 bits per heavy atom. The van der Waals surface area contributed by atoms with Crippen LogP contribution in [0, 0.1) is 0 Å². The molecule has 0 saturated heterocycles. The van der Waals surface area contributed by atoms with E-state index in [1.54, 1.807) is 48.5 Å². The molecule has 8 heteroatoms. The molecule has 1 atom stereocenters. The van der Waals surface area contributed by atoms with Gasteiger partial charge in [0.05, 0.1) is 12.6 Å². The average molecular weight is 400 g/mol. The van der Waals surface area contributed by atoms with E-state index in [2.05, 4.69) is 25.5 Å². The highest BCUT2D eigenvalue weighted by molar-refractivity contribution is 6.03. The number of nitrogens with one attached hydrogen (secondary N) is 1. The minimum atomic E-state index is -0.527. The van der Waals surface area contributed by atoms with Crippen molar-refractivity contribution in [1.29, 1.82) is 0 Å². The number of amides is 1. The Bertz CT molecular complexity index is 1160. The summed E-state index contributed by atoms with van der Waals surface area (Å²) in [5, 5.41) is 20.6. The molecule has 4 rings (SSSR count). The number of aromatic nitrogens is 5. The number of anilines is 1. The van der Waals surface area contributed by atoms with Gasteiger partial charge in [0, 0.05) is 35.4 Å². The summed E-state index contributed by atoms with van der Waals surface area (Å²) in [6, 6.07) is 14.6. The molecule has 0 saturated carbocycles. The van der Waals surface area contributed by atoms with Gasteiger partial charge in [-0.25, -0.2) is 0 Å². The van der Waals surface area contributed by atoms with Crippen molar-refractivity contribution >= 4 is 11.6 Å². The molecular weight excluding hydrogens is 380 g/mol. The summed E-state index contributed by atoms with van der Waals surface area (Å²) in [6.45, 7) is 2.08. The van der Waals surface area contributed by atoms with Crippen LogP contribution in [0.2, 0.25) is 0 Å². The number of benzene rings is 1. The summed E-state index contributed by atoms with van der Waals surface area (Å²) in [5.41, 5.74) is 3.47. The number of rotatable bonds is 6. The molecule has 0 aliphatic heterocycles. The number of carbonyl (C=O) groups is 1. The minimum Gasteiger partial charge on any atom is -0.392 e. The van der Waals surface area contributed by atoms with Gasteiger partial charge >= 0.3 is 0 Å². The van der Waals surface area contributed by atoms with Crippen LogP contribution < -0.4 is 5.32 Å². The Morgan fingerprint density at radius 2 is 1.97 bits per heavy atom. The third-order valence-corrected chi connectivity index (χ3v) is 4.44. The van der Waals surface area contributed by atoms with Crippen LogP contribution in [0.5, 0.6) is 0 Å². The molecule has 0 radical (unpaired) electrons. The number of hydrogen-bond acceptors (Lipinski definition) is 6. The van der Waals surface area contributed by atoms with E-state index in [0.29, 0.717) is 23.8 Å². The highest BCUT2D eigenvalue weighted by Gasteiger charge is 2.13. The van der Waals surface area contributed by atoms with Crippen LogP contribution in [-0.4, -0.2) is 41.9 Å².